The number of amides is 2. The van der Waals surface area contributed by atoms with E-state index in [2.05, 4.69) is 6.08 Å². The number of phenolic OH excluding ortho intramolecular Hbond substituents is 1. The molecule has 1 saturated heterocycles. The highest BCUT2D eigenvalue weighted by Gasteiger charge is 2.55. The fraction of sp³-hybridized carbons (Fsp3) is 0.263. The lowest BCUT2D eigenvalue weighted by molar-refractivity contribution is -0.123. The molecule has 2 amide bonds. The van der Waals surface area contributed by atoms with Crippen LogP contribution in [-0.4, -0.2) is 46.5 Å². The largest absolute Gasteiger partial charge is 0.507 e. The maximum Gasteiger partial charge on any atom is 0.238 e. The number of ether oxygens (including phenoxy) is 1. The molecule has 0 radical (unpaired) electrons. The molecule has 0 saturated carbocycles. The summed E-state index contributed by atoms with van der Waals surface area (Å²) in [5, 5.41) is 34.4. The monoisotopic (exact) mass is 603 g/mol. The second kappa shape index (κ2) is 13.1. The van der Waals surface area contributed by atoms with Crippen molar-refractivity contribution >= 4 is 34.4 Å². The van der Waals surface area contributed by atoms with Crippen LogP contribution in [0.5, 0.6) is 11.5 Å². The van der Waals surface area contributed by atoms with Crippen LogP contribution in [0.1, 0.15) is 31.7 Å². The van der Waals surface area contributed by atoms with Gasteiger partial charge < -0.3 is 20.1 Å². The Morgan fingerprint density at radius 2 is 1.58 bits per heavy atom. The van der Waals surface area contributed by atoms with E-state index < -0.39 is 23.9 Å². The zero-order valence-corrected chi connectivity index (χ0v) is 25.2. The van der Waals surface area contributed by atoms with Gasteiger partial charge >= 0.3 is 0 Å². The standard InChI is InChI=1S/C38H37NO6/c1-24(20-25-17-19-33(41)30-15-9-8-14-29(25)30)16-18-34(42)35-26(23-45-28-12-6-3-7-13-28)21-31-36(32(35)22-40)38(44)39(37(31)43)27-10-4-2-5-11-27/h2-15,17,19-20,31-32,34,36,40-42H,16,18,21-23H2,1H3/b24-20+/t31-,32+,34-,36-/m1/s1. The normalized spacial score (nSPS) is 20.9. The Balaban J connectivity index is 1.29. The lowest BCUT2D eigenvalue weighted by atomic mass is 9.68. The van der Waals surface area contributed by atoms with Gasteiger partial charge in [-0.1, -0.05) is 78.4 Å². The minimum atomic E-state index is -0.953. The van der Waals surface area contributed by atoms with Crippen molar-refractivity contribution in [2.45, 2.75) is 32.3 Å². The average molecular weight is 604 g/mol. The molecule has 7 nitrogen and oxygen atoms in total. The number of imide groups is 1. The molecule has 1 fully saturated rings. The van der Waals surface area contributed by atoms with E-state index in [0.29, 0.717) is 29.9 Å². The first-order valence-electron chi connectivity index (χ1n) is 15.4. The van der Waals surface area contributed by atoms with Crippen molar-refractivity contribution in [2.75, 3.05) is 18.1 Å². The van der Waals surface area contributed by atoms with E-state index in [9.17, 15) is 24.9 Å². The first-order valence-corrected chi connectivity index (χ1v) is 15.4. The molecular formula is C38H37NO6. The van der Waals surface area contributed by atoms with Crippen LogP contribution in [0.15, 0.2) is 114 Å². The quantitative estimate of drug-likeness (QED) is 0.145. The molecule has 0 unspecified atom stereocenters. The molecule has 1 aliphatic carbocycles. The van der Waals surface area contributed by atoms with Gasteiger partial charge in [0.2, 0.25) is 11.8 Å². The Morgan fingerprint density at radius 1 is 0.911 bits per heavy atom. The van der Waals surface area contributed by atoms with E-state index in [-0.39, 0.29) is 37.2 Å². The zero-order valence-electron chi connectivity index (χ0n) is 25.2. The van der Waals surface area contributed by atoms with E-state index in [1.54, 1.807) is 30.3 Å². The highest BCUT2D eigenvalue weighted by atomic mass is 16.5. The summed E-state index contributed by atoms with van der Waals surface area (Å²) >= 11 is 0. The third kappa shape index (κ3) is 6.01. The van der Waals surface area contributed by atoms with E-state index in [0.717, 1.165) is 27.5 Å². The number of hydrogen-bond acceptors (Lipinski definition) is 6. The molecule has 45 heavy (non-hydrogen) atoms. The van der Waals surface area contributed by atoms with Crippen molar-refractivity contribution in [1.29, 1.82) is 0 Å². The smallest absolute Gasteiger partial charge is 0.238 e. The van der Waals surface area contributed by atoms with E-state index in [1.165, 1.54) is 4.90 Å². The first-order chi connectivity index (χ1) is 21.9. The van der Waals surface area contributed by atoms with Gasteiger partial charge in [0, 0.05) is 11.3 Å². The summed E-state index contributed by atoms with van der Waals surface area (Å²) in [6.07, 6.45) is 2.29. The maximum absolute atomic E-state index is 13.8. The summed E-state index contributed by atoms with van der Waals surface area (Å²) in [7, 11) is 0. The summed E-state index contributed by atoms with van der Waals surface area (Å²) in [6, 6.07) is 29.4. The summed E-state index contributed by atoms with van der Waals surface area (Å²) in [5.74, 6) is -1.90. The van der Waals surface area contributed by atoms with Crippen LogP contribution in [0.2, 0.25) is 0 Å². The molecule has 4 atom stereocenters. The van der Waals surface area contributed by atoms with Crippen LogP contribution in [0.3, 0.4) is 0 Å². The van der Waals surface area contributed by atoms with Gasteiger partial charge in [0.25, 0.3) is 0 Å². The van der Waals surface area contributed by atoms with E-state index >= 15 is 0 Å². The number of para-hydroxylation sites is 2. The number of phenols is 1. The minimum Gasteiger partial charge on any atom is -0.507 e. The molecule has 1 aliphatic heterocycles. The Kier molecular flexibility index (Phi) is 8.83. The van der Waals surface area contributed by atoms with Gasteiger partial charge in [-0.25, -0.2) is 0 Å². The number of anilines is 1. The third-order valence-corrected chi connectivity index (χ3v) is 9.06. The number of rotatable bonds is 10. The topological polar surface area (TPSA) is 107 Å². The minimum absolute atomic E-state index is 0.136. The van der Waals surface area contributed by atoms with E-state index in [1.807, 2.05) is 73.7 Å². The van der Waals surface area contributed by atoms with Crippen molar-refractivity contribution in [3.05, 3.63) is 119 Å². The van der Waals surface area contributed by atoms with Crippen LogP contribution >= 0.6 is 0 Å². The highest BCUT2D eigenvalue weighted by Crippen LogP contribution is 2.47. The Morgan fingerprint density at radius 3 is 2.29 bits per heavy atom. The van der Waals surface area contributed by atoms with Crippen molar-refractivity contribution < 1.29 is 29.6 Å². The molecule has 2 aliphatic rings. The number of aliphatic hydroxyl groups excluding tert-OH is 2. The number of aromatic hydroxyl groups is 1. The molecule has 4 aromatic carbocycles. The van der Waals surface area contributed by atoms with Gasteiger partial charge in [0.15, 0.2) is 0 Å². The molecule has 1 heterocycles. The third-order valence-electron chi connectivity index (χ3n) is 9.06. The van der Waals surface area contributed by atoms with Crippen molar-refractivity contribution in [2.24, 2.45) is 17.8 Å². The van der Waals surface area contributed by atoms with E-state index in [4.69, 9.17) is 4.74 Å². The van der Waals surface area contributed by atoms with Crippen LogP contribution in [-0.2, 0) is 9.59 Å². The second-order valence-electron chi connectivity index (χ2n) is 11.9. The van der Waals surface area contributed by atoms with Crippen molar-refractivity contribution in [3.63, 3.8) is 0 Å². The maximum atomic E-state index is 13.8. The van der Waals surface area contributed by atoms with Crippen LogP contribution in [0.25, 0.3) is 16.8 Å². The Bertz CT molecular complexity index is 1760. The number of carbonyl (C=O) groups is 2. The fourth-order valence-corrected chi connectivity index (χ4v) is 6.90. The molecule has 230 valence electrons. The predicted octanol–water partition coefficient (Wildman–Crippen LogP) is 6.28. The van der Waals surface area contributed by atoms with Gasteiger partial charge in [-0.05, 0) is 78.6 Å². The summed E-state index contributed by atoms with van der Waals surface area (Å²) in [6.45, 7) is 1.76. The first kappa shape index (κ1) is 30.3. The molecule has 7 heteroatoms. The number of allylic oxidation sites excluding steroid dienone is 1. The lowest BCUT2D eigenvalue weighted by Gasteiger charge is -2.36. The number of carbonyl (C=O) groups excluding carboxylic acids is 2. The van der Waals surface area contributed by atoms with Crippen LogP contribution in [0.4, 0.5) is 5.69 Å². The SMILES string of the molecule is C/C(=C\c1ccc(O)c2ccccc12)CC[C@@H](O)C1=C(COc2ccccc2)C[C@H]2C(=O)N(c3ccccc3)C(=O)[C@H]2[C@H]1CO. The fourth-order valence-electron chi connectivity index (χ4n) is 6.90. The van der Waals surface area contributed by atoms with Gasteiger partial charge in [-0.15, -0.1) is 0 Å². The molecule has 3 N–H and O–H groups in total. The van der Waals surface area contributed by atoms with Crippen molar-refractivity contribution in [3.8, 4) is 11.5 Å². The van der Waals surface area contributed by atoms with Crippen LogP contribution < -0.4 is 9.64 Å². The molecule has 0 spiro atoms. The molecular weight excluding hydrogens is 566 g/mol. The highest BCUT2D eigenvalue weighted by molar-refractivity contribution is 6.22. The Hall–Kier alpha value is -4.72. The van der Waals surface area contributed by atoms with Crippen molar-refractivity contribution in [1.82, 2.24) is 0 Å². The van der Waals surface area contributed by atoms with Gasteiger partial charge in [-0.3, -0.25) is 14.5 Å². The molecule has 0 bridgehead atoms. The number of benzene rings is 4. The summed E-state index contributed by atoms with van der Waals surface area (Å²) < 4.78 is 6.10. The van der Waals surface area contributed by atoms with Crippen LogP contribution in [0, 0.1) is 17.8 Å². The average Bonchev–Trinajstić information content (AvgIpc) is 3.32. The number of nitrogens with zero attached hydrogens (tertiary/aromatic N) is 1. The van der Waals surface area contributed by atoms with Gasteiger partial charge in [-0.2, -0.15) is 0 Å². The number of hydrogen-bond donors (Lipinski definition) is 3. The lowest BCUT2D eigenvalue weighted by Crippen LogP contribution is -2.40. The number of aliphatic hydroxyl groups is 2. The zero-order chi connectivity index (χ0) is 31.5. The number of fused-ring (bicyclic) bond motifs is 2. The molecule has 0 aromatic heterocycles. The van der Waals surface area contributed by atoms with Gasteiger partial charge in [0.1, 0.15) is 18.1 Å². The predicted molar refractivity (Wildman–Crippen MR) is 175 cm³/mol. The summed E-state index contributed by atoms with van der Waals surface area (Å²) in [5.41, 5.74) is 3.84. The molecule has 6 rings (SSSR count). The Labute approximate surface area is 262 Å². The molecule has 4 aromatic rings. The second-order valence-corrected chi connectivity index (χ2v) is 11.9. The summed E-state index contributed by atoms with van der Waals surface area (Å²) in [4.78, 5) is 28.7. The van der Waals surface area contributed by atoms with Gasteiger partial charge in [0.05, 0.1) is 30.2 Å².